The Labute approximate surface area is 120 Å². The number of likely N-dealkylation sites (tertiary alicyclic amines) is 1. The lowest BCUT2D eigenvalue weighted by Gasteiger charge is -2.34. The fourth-order valence-electron chi connectivity index (χ4n) is 3.07. The Hall–Kier alpha value is -1.36. The lowest BCUT2D eigenvalue weighted by atomic mass is 10.0. The van der Waals surface area contributed by atoms with E-state index < -0.39 is 0 Å². The van der Waals surface area contributed by atoms with Gasteiger partial charge in [-0.25, -0.2) is 0 Å². The molecule has 0 saturated carbocycles. The number of carbonyl (C=O) groups is 1. The van der Waals surface area contributed by atoms with E-state index >= 15 is 0 Å². The summed E-state index contributed by atoms with van der Waals surface area (Å²) >= 11 is 0. The van der Waals surface area contributed by atoms with Gasteiger partial charge in [-0.2, -0.15) is 5.10 Å². The number of hydrogen-bond acceptors (Lipinski definition) is 3. The Bertz CT molecular complexity index is 482. The molecule has 1 N–H and O–H groups in total. The molecule has 0 aromatic carbocycles. The van der Waals surface area contributed by atoms with E-state index in [1.165, 1.54) is 5.56 Å². The summed E-state index contributed by atoms with van der Waals surface area (Å²) in [5.41, 5.74) is 3.32. The van der Waals surface area contributed by atoms with E-state index in [0.29, 0.717) is 6.42 Å². The lowest BCUT2D eigenvalue weighted by molar-refractivity contribution is -0.135. The summed E-state index contributed by atoms with van der Waals surface area (Å²) in [6.45, 7) is 4.90. The molecular formula is C15H25N3O2. The molecule has 1 aromatic rings. The smallest absolute Gasteiger partial charge is 0.223 e. The second-order valence-corrected chi connectivity index (χ2v) is 5.69. The monoisotopic (exact) mass is 279 g/mol. The maximum absolute atomic E-state index is 12.4. The summed E-state index contributed by atoms with van der Waals surface area (Å²) in [4.78, 5) is 14.2. The van der Waals surface area contributed by atoms with Crippen LogP contribution in [0.25, 0.3) is 0 Å². The van der Waals surface area contributed by atoms with E-state index in [0.717, 1.165) is 43.6 Å². The van der Waals surface area contributed by atoms with Gasteiger partial charge < -0.3 is 10.0 Å². The number of amides is 1. The molecule has 1 aliphatic heterocycles. The maximum atomic E-state index is 12.4. The number of rotatable bonds is 4. The molecule has 5 heteroatoms. The highest BCUT2D eigenvalue weighted by molar-refractivity contribution is 5.77. The Morgan fingerprint density at radius 1 is 1.40 bits per heavy atom. The molecule has 2 heterocycles. The van der Waals surface area contributed by atoms with Gasteiger partial charge in [0.15, 0.2) is 0 Å². The van der Waals surface area contributed by atoms with Crippen LogP contribution in [0, 0.1) is 13.8 Å². The van der Waals surface area contributed by atoms with Gasteiger partial charge in [0.05, 0.1) is 18.3 Å². The van der Waals surface area contributed by atoms with Gasteiger partial charge in [-0.15, -0.1) is 0 Å². The van der Waals surface area contributed by atoms with Gasteiger partial charge in [-0.3, -0.25) is 9.48 Å². The van der Waals surface area contributed by atoms with Crippen molar-refractivity contribution in [3.63, 3.8) is 0 Å². The normalized spacial score (nSPS) is 19.4. The van der Waals surface area contributed by atoms with Crippen LogP contribution >= 0.6 is 0 Å². The molecule has 2 rings (SSSR count). The largest absolute Gasteiger partial charge is 0.394 e. The van der Waals surface area contributed by atoms with Crippen molar-refractivity contribution in [2.45, 2.75) is 52.0 Å². The number of aryl methyl sites for hydroxylation is 2. The third-order valence-corrected chi connectivity index (χ3v) is 4.41. The van der Waals surface area contributed by atoms with Gasteiger partial charge in [0.1, 0.15) is 0 Å². The Balaban J connectivity index is 1.97. The maximum Gasteiger partial charge on any atom is 0.223 e. The van der Waals surface area contributed by atoms with Crippen molar-refractivity contribution < 1.29 is 9.90 Å². The van der Waals surface area contributed by atoms with Crippen molar-refractivity contribution in [3.05, 3.63) is 17.0 Å². The average molecular weight is 279 g/mol. The van der Waals surface area contributed by atoms with Crippen LogP contribution in [0.3, 0.4) is 0 Å². The highest BCUT2D eigenvalue weighted by Crippen LogP contribution is 2.19. The molecule has 0 spiro atoms. The number of hydrogen-bond donors (Lipinski definition) is 1. The number of aromatic nitrogens is 2. The molecule has 0 radical (unpaired) electrons. The molecule has 1 saturated heterocycles. The van der Waals surface area contributed by atoms with Gasteiger partial charge in [-0.1, -0.05) is 0 Å². The van der Waals surface area contributed by atoms with Gasteiger partial charge >= 0.3 is 0 Å². The van der Waals surface area contributed by atoms with E-state index in [1.807, 2.05) is 30.5 Å². The number of aliphatic hydroxyl groups excluding tert-OH is 1. The molecule has 0 bridgehead atoms. The van der Waals surface area contributed by atoms with Crippen LogP contribution in [0.2, 0.25) is 0 Å². The van der Waals surface area contributed by atoms with Gasteiger partial charge in [0.2, 0.25) is 5.91 Å². The van der Waals surface area contributed by atoms with Crippen molar-refractivity contribution in [2.24, 2.45) is 7.05 Å². The zero-order chi connectivity index (χ0) is 14.7. The first kappa shape index (κ1) is 15.0. The van der Waals surface area contributed by atoms with Crippen LogP contribution in [-0.4, -0.2) is 44.9 Å². The quantitative estimate of drug-likeness (QED) is 0.905. The van der Waals surface area contributed by atoms with E-state index in [2.05, 4.69) is 5.10 Å². The first-order valence-electron chi connectivity index (χ1n) is 7.44. The van der Waals surface area contributed by atoms with Crippen molar-refractivity contribution in [2.75, 3.05) is 13.2 Å². The predicted octanol–water partition coefficient (Wildman–Crippen LogP) is 1.34. The summed E-state index contributed by atoms with van der Waals surface area (Å²) in [6.07, 6.45) is 4.32. The minimum absolute atomic E-state index is 0.0207. The minimum Gasteiger partial charge on any atom is -0.394 e. The molecule has 20 heavy (non-hydrogen) atoms. The second kappa shape index (κ2) is 6.39. The first-order chi connectivity index (χ1) is 9.54. The molecule has 1 aliphatic rings. The van der Waals surface area contributed by atoms with Gasteiger partial charge in [-0.05, 0) is 45.1 Å². The molecule has 1 atom stereocenters. The van der Waals surface area contributed by atoms with E-state index in [9.17, 15) is 9.90 Å². The van der Waals surface area contributed by atoms with Crippen LogP contribution in [-0.2, 0) is 18.3 Å². The van der Waals surface area contributed by atoms with Gasteiger partial charge in [0.25, 0.3) is 0 Å². The third-order valence-electron chi connectivity index (χ3n) is 4.41. The van der Waals surface area contributed by atoms with Crippen LogP contribution in [0.15, 0.2) is 0 Å². The number of piperidine rings is 1. The summed E-state index contributed by atoms with van der Waals surface area (Å²) in [5.74, 6) is 0.159. The fourth-order valence-corrected chi connectivity index (χ4v) is 3.07. The summed E-state index contributed by atoms with van der Waals surface area (Å²) in [6, 6.07) is 0.0207. The molecule has 1 aromatic heterocycles. The van der Waals surface area contributed by atoms with Crippen molar-refractivity contribution in [1.29, 1.82) is 0 Å². The van der Waals surface area contributed by atoms with Crippen LogP contribution < -0.4 is 0 Å². The summed E-state index contributed by atoms with van der Waals surface area (Å²) in [7, 11) is 1.93. The summed E-state index contributed by atoms with van der Waals surface area (Å²) < 4.78 is 1.87. The fraction of sp³-hybridized carbons (Fsp3) is 0.733. The lowest BCUT2D eigenvalue weighted by Crippen LogP contribution is -2.45. The van der Waals surface area contributed by atoms with E-state index in [4.69, 9.17) is 0 Å². The zero-order valence-electron chi connectivity index (χ0n) is 12.7. The molecule has 1 amide bonds. The van der Waals surface area contributed by atoms with Crippen LogP contribution in [0.4, 0.5) is 0 Å². The first-order valence-corrected chi connectivity index (χ1v) is 7.44. The topological polar surface area (TPSA) is 58.4 Å². The Morgan fingerprint density at radius 3 is 2.75 bits per heavy atom. The van der Waals surface area contributed by atoms with Gasteiger partial charge in [0, 0.05) is 25.7 Å². The van der Waals surface area contributed by atoms with Crippen molar-refractivity contribution >= 4 is 5.91 Å². The molecular weight excluding hydrogens is 254 g/mol. The number of nitrogens with zero attached hydrogens (tertiary/aromatic N) is 3. The minimum atomic E-state index is 0.0207. The molecule has 5 nitrogen and oxygen atoms in total. The highest BCUT2D eigenvalue weighted by atomic mass is 16.3. The van der Waals surface area contributed by atoms with Crippen molar-refractivity contribution in [3.8, 4) is 0 Å². The molecule has 0 aliphatic carbocycles. The SMILES string of the molecule is Cc1nn(C)c(C)c1CCC(=O)N1CCCCC1CO. The third kappa shape index (κ3) is 3.03. The Kier molecular flexibility index (Phi) is 4.81. The van der Waals surface area contributed by atoms with Crippen LogP contribution in [0.1, 0.15) is 42.6 Å². The number of carbonyl (C=O) groups excluding carboxylic acids is 1. The molecule has 112 valence electrons. The Morgan fingerprint density at radius 2 is 2.15 bits per heavy atom. The predicted molar refractivity (Wildman–Crippen MR) is 77.4 cm³/mol. The van der Waals surface area contributed by atoms with E-state index in [1.54, 1.807) is 0 Å². The standard InChI is InChI=1S/C15H25N3O2/c1-11-14(12(2)17(3)16-11)7-8-15(20)18-9-5-4-6-13(18)10-19/h13,19H,4-10H2,1-3H3. The van der Waals surface area contributed by atoms with Crippen molar-refractivity contribution in [1.82, 2.24) is 14.7 Å². The molecule has 1 unspecified atom stereocenters. The molecule has 1 fully saturated rings. The van der Waals surface area contributed by atoms with E-state index in [-0.39, 0.29) is 18.6 Å². The second-order valence-electron chi connectivity index (χ2n) is 5.69. The summed E-state index contributed by atoms with van der Waals surface area (Å²) in [5, 5.41) is 13.8. The average Bonchev–Trinajstić information content (AvgIpc) is 2.70. The number of aliphatic hydroxyl groups is 1. The zero-order valence-corrected chi connectivity index (χ0v) is 12.7. The highest BCUT2D eigenvalue weighted by Gasteiger charge is 2.26. The van der Waals surface area contributed by atoms with Crippen LogP contribution in [0.5, 0.6) is 0 Å².